The number of nitrogens with one attached hydrogen (secondary N) is 2. The zero-order valence-electron chi connectivity index (χ0n) is 11.3. The van der Waals surface area contributed by atoms with Gasteiger partial charge in [0.15, 0.2) is 0 Å². The van der Waals surface area contributed by atoms with E-state index >= 15 is 0 Å². The van der Waals surface area contributed by atoms with Crippen molar-refractivity contribution in [3.63, 3.8) is 0 Å². The van der Waals surface area contributed by atoms with Gasteiger partial charge in [-0.15, -0.1) is 0 Å². The number of hydrogen-bond acceptors (Lipinski definition) is 2. The van der Waals surface area contributed by atoms with Crippen LogP contribution in [0, 0.1) is 0 Å². The fourth-order valence-corrected chi connectivity index (χ4v) is 2.13. The third-order valence-electron chi connectivity index (χ3n) is 3.38. The second-order valence-electron chi connectivity index (χ2n) is 4.94. The van der Waals surface area contributed by atoms with Crippen molar-refractivity contribution >= 4 is 6.03 Å². The van der Waals surface area contributed by atoms with Gasteiger partial charge in [0.25, 0.3) is 0 Å². The molecule has 1 fully saturated rings. The van der Waals surface area contributed by atoms with Gasteiger partial charge in [0.1, 0.15) is 0 Å². The minimum atomic E-state index is 0.0641. The van der Waals surface area contributed by atoms with Crippen LogP contribution in [0.5, 0.6) is 0 Å². The average Bonchev–Trinajstić information content (AvgIpc) is 2.37. The molecule has 0 aromatic rings. The van der Waals surface area contributed by atoms with Gasteiger partial charge in [-0.05, 0) is 32.2 Å². The van der Waals surface area contributed by atoms with E-state index in [0.717, 1.165) is 38.9 Å². The molecule has 0 aliphatic carbocycles. The van der Waals surface area contributed by atoms with Crippen molar-refractivity contribution in [2.24, 2.45) is 0 Å². The van der Waals surface area contributed by atoms with Gasteiger partial charge in [0.2, 0.25) is 0 Å². The van der Waals surface area contributed by atoms with E-state index in [0.29, 0.717) is 6.04 Å². The molecule has 1 saturated heterocycles. The fourth-order valence-electron chi connectivity index (χ4n) is 2.13. The Morgan fingerprint density at radius 1 is 1.47 bits per heavy atom. The van der Waals surface area contributed by atoms with Crippen molar-refractivity contribution in [3.8, 4) is 0 Å². The average molecular weight is 241 g/mol. The molecule has 4 nitrogen and oxygen atoms in total. The summed E-state index contributed by atoms with van der Waals surface area (Å²) in [6.45, 7) is 4.90. The van der Waals surface area contributed by atoms with Crippen LogP contribution in [0.1, 0.15) is 45.4 Å². The zero-order chi connectivity index (χ0) is 12.5. The van der Waals surface area contributed by atoms with E-state index in [-0.39, 0.29) is 6.03 Å². The second-order valence-corrected chi connectivity index (χ2v) is 4.94. The molecule has 1 rings (SSSR count). The largest absolute Gasteiger partial charge is 0.338 e. The van der Waals surface area contributed by atoms with Crippen molar-refractivity contribution in [2.75, 3.05) is 26.7 Å². The highest BCUT2D eigenvalue weighted by Gasteiger charge is 2.14. The van der Waals surface area contributed by atoms with Crippen molar-refractivity contribution in [3.05, 3.63) is 0 Å². The van der Waals surface area contributed by atoms with Crippen molar-refractivity contribution in [2.45, 2.75) is 51.5 Å². The number of carbonyl (C=O) groups is 1. The monoisotopic (exact) mass is 241 g/mol. The topological polar surface area (TPSA) is 44.4 Å². The summed E-state index contributed by atoms with van der Waals surface area (Å²) in [6.07, 6.45) is 7.12. The predicted molar refractivity (Wildman–Crippen MR) is 71.2 cm³/mol. The molecule has 0 spiro atoms. The van der Waals surface area contributed by atoms with Crippen LogP contribution in [0.25, 0.3) is 0 Å². The van der Waals surface area contributed by atoms with Gasteiger partial charge in [-0.1, -0.05) is 19.8 Å². The molecule has 1 aliphatic rings. The molecule has 1 aliphatic heterocycles. The van der Waals surface area contributed by atoms with Gasteiger partial charge < -0.3 is 15.5 Å². The predicted octanol–water partition coefficient (Wildman–Crippen LogP) is 1.96. The third kappa shape index (κ3) is 5.91. The Labute approximate surface area is 105 Å². The number of amides is 2. The minimum Gasteiger partial charge on any atom is -0.338 e. The van der Waals surface area contributed by atoms with Crippen LogP contribution in [0.3, 0.4) is 0 Å². The lowest BCUT2D eigenvalue weighted by atomic mass is 10.0. The molecule has 17 heavy (non-hydrogen) atoms. The van der Waals surface area contributed by atoms with Crippen molar-refractivity contribution in [1.82, 2.24) is 15.5 Å². The molecule has 1 atom stereocenters. The minimum absolute atomic E-state index is 0.0641. The molecule has 0 aromatic carbocycles. The summed E-state index contributed by atoms with van der Waals surface area (Å²) in [5.74, 6) is 0. The van der Waals surface area contributed by atoms with Gasteiger partial charge in [-0.2, -0.15) is 0 Å². The molecule has 2 N–H and O–H groups in total. The summed E-state index contributed by atoms with van der Waals surface area (Å²) < 4.78 is 0. The Morgan fingerprint density at radius 3 is 2.94 bits per heavy atom. The summed E-state index contributed by atoms with van der Waals surface area (Å²) in [5.41, 5.74) is 0. The summed E-state index contributed by atoms with van der Waals surface area (Å²) >= 11 is 0. The number of nitrogens with zero attached hydrogens (tertiary/aromatic N) is 1. The standard InChI is InChI=1S/C13H27N3O/c1-3-4-9-15-13(17)16(2)11-8-12-7-5-6-10-14-12/h12,14H,3-11H2,1-2H3,(H,15,17). The molecule has 1 heterocycles. The molecule has 0 aromatic heterocycles. The summed E-state index contributed by atoms with van der Waals surface area (Å²) in [7, 11) is 1.88. The molecular weight excluding hydrogens is 214 g/mol. The van der Waals surface area contributed by atoms with Crippen molar-refractivity contribution in [1.29, 1.82) is 0 Å². The number of carbonyl (C=O) groups excluding carboxylic acids is 1. The van der Waals surface area contributed by atoms with E-state index in [1.165, 1.54) is 19.3 Å². The Hall–Kier alpha value is -0.770. The number of hydrogen-bond donors (Lipinski definition) is 2. The first kappa shape index (κ1) is 14.3. The maximum atomic E-state index is 11.7. The number of urea groups is 1. The van der Waals surface area contributed by atoms with Crippen LogP contribution in [0.15, 0.2) is 0 Å². The summed E-state index contributed by atoms with van der Waals surface area (Å²) in [5, 5.41) is 6.44. The zero-order valence-corrected chi connectivity index (χ0v) is 11.3. The molecule has 2 amide bonds. The Kier molecular flexibility index (Phi) is 7.01. The molecule has 100 valence electrons. The molecule has 0 radical (unpaired) electrons. The van der Waals surface area contributed by atoms with Gasteiger partial charge in [0.05, 0.1) is 0 Å². The third-order valence-corrected chi connectivity index (χ3v) is 3.38. The number of piperidine rings is 1. The van der Waals surface area contributed by atoms with Crippen LogP contribution in [-0.2, 0) is 0 Å². The van der Waals surface area contributed by atoms with Gasteiger partial charge >= 0.3 is 6.03 Å². The SMILES string of the molecule is CCCCNC(=O)N(C)CCC1CCCCN1. The van der Waals surface area contributed by atoms with E-state index in [9.17, 15) is 4.79 Å². The van der Waals surface area contributed by atoms with Gasteiger partial charge in [-0.25, -0.2) is 4.79 Å². The van der Waals surface area contributed by atoms with E-state index in [4.69, 9.17) is 0 Å². The Balaban J connectivity index is 2.10. The number of rotatable bonds is 6. The molecule has 0 saturated carbocycles. The van der Waals surface area contributed by atoms with Crippen LogP contribution in [0.2, 0.25) is 0 Å². The lowest BCUT2D eigenvalue weighted by Gasteiger charge is -2.26. The van der Waals surface area contributed by atoms with Crippen LogP contribution in [-0.4, -0.2) is 43.7 Å². The van der Waals surface area contributed by atoms with Gasteiger partial charge in [-0.3, -0.25) is 0 Å². The first-order chi connectivity index (χ1) is 8.24. The van der Waals surface area contributed by atoms with Crippen LogP contribution < -0.4 is 10.6 Å². The highest BCUT2D eigenvalue weighted by molar-refractivity contribution is 5.73. The van der Waals surface area contributed by atoms with E-state index in [1.807, 2.05) is 7.05 Å². The Bertz CT molecular complexity index is 215. The normalized spacial score (nSPS) is 20.0. The van der Waals surface area contributed by atoms with Crippen molar-refractivity contribution < 1.29 is 4.79 Å². The smallest absolute Gasteiger partial charge is 0.317 e. The van der Waals surface area contributed by atoms with Crippen LogP contribution in [0.4, 0.5) is 4.79 Å². The van der Waals surface area contributed by atoms with Gasteiger partial charge in [0, 0.05) is 26.2 Å². The fraction of sp³-hybridized carbons (Fsp3) is 0.923. The van der Waals surface area contributed by atoms with E-state index in [2.05, 4.69) is 17.6 Å². The lowest BCUT2D eigenvalue weighted by Crippen LogP contribution is -2.41. The second kappa shape index (κ2) is 8.34. The summed E-state index contributed by atoms with van der Waals surface area (Å²) in [6, 6.07) is 0.670. The number of unbranched alkanes of at least 4 members (excludes halogenated alkanes) is 1. The summed E-state index contributed by atoms with van der Waals surface area (Å²) in [4.78, 5) is 13.5. The first-order valence-electron chi connectivity index (χ1n) is 6.96. The lowest BCUT2D eigenvalue weighted by molar-refractivity contribution is 0.205. The highest BCUT2D eigenvalue weighted by atomic mass is 16.2. The maximum Gasteiger partial charge on any atom is 0.317 e. The Morgan fingerprint density at radius 2 is 2.29 bits per heavy atom. The molecule has 4 heteroatoms. The molecular formula is C13H27N3O. The quantitative estimate of drug-likeness (QED) is 0.698. The van der Waals surface area contributed by atoms with Crippen LogP contribution >= 0.6 is 0 Å². The maximum absolute atomic E-state index is 11.7. The first-order valence-corrected chi connectivity index (χ1v) is 6.96. The molecule has 0 bridgehead atoms. The van der Waals surface area contributed by atoms with E-state index < -0.39 is 0 Å². The van der Waals surface area contributed by atoms with E-state index in [1.54, 1.807) is 4.90 Å². The molecule has 1 unspecified atom stereocenters. The highest BCUT2D eigenvalue weighted by Crippen LogP contribution is 2.10.